The fourth-order valence-electron chi connectivity index (χ4n) is 2.36. The average Bonchev–Trinajstić information content (AvgIpc) is 3.07. The highest BCUT2D eigenvalue weighted by molar-refractivity contribution is 6.31. The van der Waals surface area contributed by atoms with Gasteiger partial charge in [-0.1, -0.05) is 29.8 Å². The van der Waals surface area contributed by atoms with E-state index in [0.717, 1.165) is 27.7 Å². The van der Waals surface area contributed by atoms with Crippen molar-refractivity contribution in [2.75, 3.05) is 13.2 Å². The maximum Gasteiger partial charge on any atom is 0.213 e. The molecule has 2 aromatic heterocycles. The zero-order valence-electron chi connectivity index (χ0n) is 13.5. The summed E-state index contributed by atoms with van der Waals surface area (Å²) in [6.45, 7) is 3.90. The Morgan fingerprint density at radius 3 is 2.88 bits per heavy atom. The Balaban J connectivity index is 1.49. The van der Waals surface area contributed by atoms with Gasteiger partial charge in [-0.15, -0.1) is 0 Å². The zero-order chi connectivity index (χ0) is 16.8. The lowest BCUT2D eigenvalue weighted by molar-refractivity contribution is 0.300. The number of ether oxygens (including phenoxy) is 1. The number of nitrogens with zero attached hydrogens (tertiary/aromatic N) is 1. The predicted octanol–water partition coefficient (Wildman–Crippen LogP) is 4.47. The molecule has 0 spiro atoms. The van der Waals surface area contributed by atoms with Crippen LogP contribution in [0.5, 0.6) is 5.88 Å². The minimum absolute atomic E-state index is 0.554. The van der Waals surface area contributed by atoms with E-state index in [0.29, 0.717) is 25.6 Å². The second-order valence-corrected chi connectivity index (χ2v) is 5.78. The Labute approximate surface area is 146 Å². The van der Waals surface area contributed by atoms with Gasteiger partial charge in [0.15, 0.2) is 0 Å². The van der Waals surface area contributed by atoms with Crippen LogP contribution < -0.4 is 10.1 Å². The SMILES string of the molecule is Cc1c(Cl)cccc1-c1ccc(CNCCOc2ccccn2)o1. The van der Waals surface area contributed by atoms with E-state index in [2.05, 4.69) is 10.3 Å². The van der Waals surface area contributed by atoms with Crippen LogP contribution in [-0.2, 0) is 6.54 Å². The van der Waals surface area contributed by atoms with Gasteiger partial charge in [0.05, 0.1) is 6.54 Å². The molecule has 2 heterocycles. The lowest BCUT2D eigenvalue weighted by Crippen LogP contribution is -2.20. The Kier molecular flexibility index (Phi) is 5.51. The number of nitrogens with one attached hydrogen (secondary N) is 1. The molecule has 4 nitrogen and oxygen atoms in total. The highest BCUT2D eigenvalue weighted by Gasteiger charge is 2.09. The molecule has 0 saturated heterocycles. The standard InChI is InChI=1S/C19H19ClN2O2/c1-14-16(5-4-6-17(14)20)18-9-8-15(24-18)13-21-11-12-23-19-7-2-3-10-22-19/h2-10,21H,11-13H2,1H3. The number of pyridine rings is 1. The van der Waals surface area contributed by atoms with Crippen LogP contribution in [0.4, 0.5) is 0 Å². The summed E-state index contributed by atoms with van der Waals surface area (Å²) in [5.74, 6) is 2.34. The topological polar surface area (TPSA) is 47.3 Å². The molecule has 0 fully saturated rings. The number of benzene rings is 1. The molecule has 3 rings (SSSR count). The quantitative estimate of drug-likeness (QED) is 0.643. The molecule has 3 aromatic rings. The van der Waals surface area contributed by atoms with E-state index in [1.807, 2.05) is 55.5 Å². The van der Waals surface area contributed by atoms with Crippen LogP contribution in [-0.4, -0.2) is 18.1 Å². The van der Waals surface area contributed by atoms with Crippen molar-refractivity contribution in [3.05, 3.63) is 71.1 Å². The van der Waals surface area contributed by atoms with Crippen LogP contribution in [0.15, 0.2) is 59.1 Å². The number of rotatable bonds is 7. The maximum absolute atomic E-state index is 6.17. The van der Waals surface area contributed by atoms with Gasteiger partial charge in [0, 0.05) is 29.4 Å². The van der Waals surface area contributed by atoms with Gasteiger partial charge in [-0.25, -0.2) is 4.98 Å². The molecule has 0 amide bonds. The Morgan fingerprint density at radius 1 is 1.12 bits per heavy atom. The van der Waals surface area contributed by atoms with E-state index in [9.17, 15) is 0 Å². The largest absolute Gasteiger partial charge is 0.476 e. The fraction of sp³-hybridized carbons (Fsp3) is 0.211. The molecule has 0 bridgehead atoms. The summed E-state index contributed by atoms with van der Waals surface area (Å²) >= 11 is 6.17. The fourth-order valence-corrected chi connectivity index (χ4v) is 2.54. The van der Waals surface area contributed by atoms with Gasteiger partial charge in [-0.2, -0.15) is 0 Å². The smallest absolute Gasteiger partial charge is 0.213 e. The molecule has 5 heteroatoms. The van der Waals surface area contributed by atoms with Gasteiger partial charge in [0.1, 0.15) is 18.1 Å². The van der Waals surface area contributed by atoms with Gasteiger partial charge in [0.25, 0.3) is 0 Å². The van der Waals surface area contributed by atoms with Gasteiger partial charge >= 0.3 is 0 Å². The number of hydrogen-bond acceptors (Lipinski definition) is 4. The third-order valence-corrected chi connectivity index (χ3v) is 4.07. The molecule has 0 aliphatic heterocycles. The van der Waals surface area contributed by atoms with Crippen molar-refractivity contribution in [2.45, 2.75) is 13.5 Å². The van der Waals surface area contributed by atoms with Gasteiger partial charge in [0.2, 0.25) is 5.88 Å². The van der Waals surface area contributed by atoms with Crippen LogP contribution in [0, 0.1) is 6.92 Å². The van der Waals surface area contributed by atoms with Crippen LogP contribution in [0.3, 0.4) is 0 Å². The van der Waals surface area contributed by atoms with E-state index < -0.39 is 0 Å². The lowest BCUT2D eigenvalue weighted by Gasteiger charge is -2.06. The maximum atomic E-state index is 6.17. The highest BCUT2D eigenvalue weighted by atomic mass is 35.5. The molecular formula is C19H19ClN2O2. The van der Waals surface area contributed by atoms with Crippen LogP contribution in [0.2, 0.25) is 5.02 Å². The third kappa shape index (κ3) is 4.16. The molecule has 0 aliphatic carbocycles. The molecule has 1 aromatic carbocycles. The summed E-state index contributed by atoms with van der Waals surface area (Å²) in [6, 6.07) is 15.4. The first-order valence-corrected chi connectivity index (χ1v) is 8.20. The van der Waals surface area contributed by atoms with Crippen molar-refractivity contribution in [3.8, 4) is 17.2 Å². The Hall–Kier alpha value is -2.30. The van der Waals surface area contributed by atoms with Crippen molar-refractivity contribution in [2.24, 2.45) is 0 Å². The third-order valence-electron chi connectivity index (χ3n) is 3.66. The average molecular weight is 343 g/mol. The number of furan rings is 1. The molecule has 0 aliphatic rings. The van der Waals surface area contributed by atoms with Crippen LogP contribution >= 0.6 is 11.6 Å². The first kappa shape index (κ1) is 16.6. The Bertz CT molecular complexity index is 787. The molecule has 0 radical (unpaired) electrons. The van der Waals surface area contributed by atoms with E-state index in [1.165, 1.54) is 0 Å². The molecule has 0 unspecified atom stereocenters. The summed E-state index contributed by atoms with van der Waals surface area (Å²) in [6.07, 6.45) is 1.71. The second kappa shape index (κ2) is 7.99. The summed E-state index contributed by atoms with van der Waals surface area (Å²) in [7, 11) is 0. The minimum atomic E-state index is 0.554. The number of aromatic nitrogens is 1. The summed E-state index contributed by atoms with van der Waals surface area (Å²) in [4.78, 5) is 4.11. The molecule has 24 heavy (non-hydrogen) atoms. The minimum Gasteiger partial charge on any atom is -0.476 e. The predicted molar refractivity (Wildman–Crippen MR) is 95.3 cm³/mol. The number of hydrogen-bond donors (Lipinski definition) is 1. The molecular weight excluding hydrogens is 324 g/mol. The van der Waals surface area contributed by atoms with E-state index in [1.54, 1.807) is 6.20 Å². The Morgan fingerprint density at radius 2 is 2.04 bits per heavy atom. The van der Waals surface area contributed by atoms with E-state index >= 15 is 0 Å². The summed E-state index contributed by atoms with van der Waals surface area (Å²) in [5, 5.41) is 4.04. The van der Waals surface area contributed by atoms with Gasteiger partial charge < -0.3 is 14.5 Å². The first-order valence-electron chi connectivity index (χ1n) is 7.83. The first-order chi connectivity index (χ1) is 11.7. The number of halogens is 1. The second-order valence-electron chi connectivity index (χ2n) is 5.37. The molecule has 1 N–H and O–H groups in total. The van der Waals surface area contributed by atoms with Crippen molar-refractivity contribution in [1.82, 2.24) is 10.3 Å². The lowest BCUT2D eigenvalue weighted by atomic mass is 10.1. The summed E-state index contributed by atoms with van der Waals surface area (Å²) < 4.78 is 11.4. The van der Waals surface area contributed by atoms with Crippen molar-refractivity contribution in [1.29, 1.82) is 0 Å². The zero-order valence-corrected chi connectivity index (χ0v) is 14.2. The normalized spacial score (nSPS) is 10.8. The van der Waals surface area contributed by atoms with Crippen LogP contribution in [0.1, 0.15) is 11.3 Å². The van der Waals surface area contributed by atoms with Crippen molar-refractivity contribution < 1.29 is 9.15 Å². The van der Waals surface area contributed by atoms with Crippen molar-refractivity contribution in [3.63, 3.8) is 0 Å². The highest BCUT2D eigenvalue weighted by Crippen LogP contribution is 2.29. The van der Waals surface area contributed by atoms with Gasteiger partial charge in [-0.05, 0) is 36.8 Å². The molecule has 0 saturated carbocycles. The monoisotopic (exact) mass is 342 g/mol. The van der Waals surface area contributed by atoms with E-state index in [-0.39, 0.29) is 0 Å². The molecule has 0 atom stereocenters. The summed E-state index contributed by atoms with van der Waals surface area (Å²) in [5.41, 5.74) is 2.05. The van der Waals surface area contributed by atoms with Gasteiger partial charge in [-0.3, -0.25) is 0 Å². The molecule has 124 valence electrons. The van der Waals surface area contributed by atoms with Crippen molar-refractivity contribution >= 4 is 11.6 Å². The van der Waals surface area contributed by atoms with Crippen LogP contribution in [0.25, 0.3) is 11.3 Å². The van der Waals surface area contributed by atoms with E-state index in [4.69, 9.17) is 20.8 Å².